The number of imidazole rings is 1. The maximum absolute atomic E-state index is 13.8. The van der Waals surface area contributed by atoms with Gasteiger partial charge in [-0.15, -0.1) is 0 Å². The zero-order chi connectivity index (χ0) is 19.0. The average Bonchev–Trinajstić information content (AvgIpc) is 3.02. The molecule has 4 rings (SSSR count). The van der Waals surface area contributed by atoms with Gasteiger partial charge in [-0.2, -0.15) is 5.26 Å². The summed E-state index contributed by atoms with van der Waals surface area (Å²) in [6.45, 7) is 1.31. The van der Waals surface area contributed by atoms with Crippen LogP contribution in [0.3, 0.4) is 0 Å². The quantitative estimate of drug-likeness (QED) is 0.742. The summed E-state index contributed by atoms with van der Waals surface area (Å²) in [4.78, 5) is 15.4. The topological polar surface area (TPSA) is 96.7 Å². The van der Waals surface area contributed by atoms with Gasteiger partial charge in [0.15, 0.2) is 5.65 Å². The second-order valence-electron chi connectivity index (χ2n) is 6.56. The fourth-order valence-corrected chi connectivity index (χ4v) is 3.39. The minimum atomic E-state index is -1.01. The molecule has 0 amide bonds. The maximum Gasteiger partial charge on any atom is 0.208 e. The van der Waals surface area contributed by atoms with E-state index in [4.69, 9.17) is 22.6 Å². The van der Waals surface area contributed by atoms with Crippen LogP contribution in [-0.4, -0.2) is 44.8 Å². The van der Waals surface area contributed by atoms with Crippen molar-refractivity contribution in [3.8, 4) is 6.07 Å². The summed E-state index contributed by atoms with van der Waals surface area (Å²) in [5.74, 6) is 0.660. The van der Waals surface area contributed by atoms with Crippen LogP contribution in [0.25, 0.3) is 11.2 Å². The van der Waals surface area contributed by atoms with E-state index in [-0.39, 0.29) is 0 Å². The van der Waals surface area contributed by atoms with Crippen LogP contribution in [0, 0.1) is 11.3 Å². The van der Waals surface area contributed by atoms with Crippen LogP contribution in [0.4, 0.5) is 10.3 Å². The first-order valence-corrected chi connectivity index (χ1v) is 8.94. The molecule has 0 aromatic carbocycles. The Hall–Kier alpha value is -2.76. The monoisotopic (exact) mass is 385 g/mol. The Labute approximate surface area is 160 Å². The van der Waals surface area contributed by atoms with Gasteiger partial charge in [-0.1, -0.05) is 11.6 Å². The van der Waals surface area contributed by atoms with Gasteiger partial charge in [0.25, 0.3) is 0 Å². The Morgan fingerprint density at radius 1 is 1.33 bits per heavy atom. The van der Waals surface area contributed by atoms with Crippen LogP contribution < -0.4 is 10.6 Å². The predicted molar refractivity (Wildman–Crippen MR) is 100 cm³/mol. The van der Waals surface area contributed by atoms with Crippen molar-refractivity contribution < 1.29 is 4.39 Å². The van der Waals surface area contributed by atoms with Gasteiger partial charge in [0.05, 0.1) is 28.9 Å². The molecule has 9 heteroatoms. The Morgan fingerprint density at radius 3 is 2.89 bits per heavy atom. The molecule has 1 aliphatic rings. The molecule has 3 aromatic rings. The van der Waals surface area contributed by atoms with E-state index < -0.39 is 12.2 Å². The molecule has 0 aliphatic carbocycles. The summed E-state index contributed by atoms with van der Waals surface area (Å²) in [5.41, 5.74) is 8.50. The highest BCUT2D eigenvalue weighted by Crippen LogP contribution is 2.27. The molecule has 2 atom stereocenters. The smallest absolute Gasteiger partial charge is 0.208 e. The Kier molecular flexibility index (Phi) is 4.64. The Balaban J connectivity index is 1.75. The number of aromatic nitrogens is 4. The number of hydrogen-bond donors (Lipinski definition) is 1. The molecule has 0 spiro atoms. The summed E-state index contributed by atoms with van der Waals surface area (Å²) in [7, 11) is 0. The van der Waals surface area contributed by atoms with E-state index in [0.717, 1.165) is 5.69 Å². The molecular formula is C18H17ClFN7. The first kappa shape index (κ1) is 17.6. The lowest BCUT2D eigenvalue weighted by Crippen LogP contribution is -2.50. The summed E-state index contributed by atoms with van der Waals surface area (Å²) in [6, 6.07) is 6.76. The second kappa shape index (κ2) is 7.10. The van der Waals surface area contributed by atoms with E-state index in [0.29, 0.717) is 53.8 Å². The highest BCUT2D eigenvalue weighted by Gasteiger charge is 2.29. The molecule has 138 valence electrons. The van der Waals surface area contributed by atoms with Crippen LogP contribution in [0.15, 0.2) is 30.6 Å². The van der Waals surface area contributed by atoms with E-state index in [1.165, 1.54) is 6.20 Å². The first-order valence-electron chi connectivity index (χ1n) is 8.56. The summed E-state index contributed by atoms with van der Waals surface area (Å²) >= 11 is 6.06. The van der Waals surface area contributed by atoms with Gasteiger partial charge >= 0.3 is 0 Å². The van der Waals surface area contributed by atoms with Gasteiger partial charge in [-0.25, -0.2) is 14.4 Å². The van der Waals surface area contributed by atoms with Gasteiger partial charge in [0.1, 0.15) is 17.8 Å². The lowest BCUT2D eigenvalue weighted by atomic mass is 10.1. The molecule has 0 radical (unpaired) electrons. The highest BCUT2D eigenvalue weighted by atomic mass is 35.5. The highest BCUT2D eigenvalue weighted by molar-refractivity contribution is 6.31. The van der Waals surface area contributed by atoms with Crippen molar-refractivity contribution >= 4 is 28.7 Å². The Bertz CT molecular complexity index is 1010. The van der Waals surface area contributed by atoms with E-state index in [1.54, 1.807) is 24.4 Å². The zero-order valence-corrected chi connectivity index (χ0v) is 15.1. The molecule has 2 N–H and O–H groups in total. The fraction of sp³-hybridized carbons (Fsp3) is 0.333. The average molecular weight is 386 g/mol. The zero-order valence-electron chi connectivity index (χ0n) is 14.4. The van der Waals surface area contributed by atoms with E-state index in [1.807, 2.05) is 9.47 Å². The van der Waals surface area contributed by atoms with Crippen LogP contribution in [0.2, 0.25) is 5.02 Å². The number of pyridine rings is 2. The minimum Gasteiger partial charge on any atom is -0.340 e. The molecule has 7 nitrogen and oxygen atoms in total. The lowest BCUT2D eigenvalue weighted by Gasteiger charge is -2.33. The summed E-state index contributed by atoms with van der Waals surface area (Å²) < 4.78 is 15.7. The van der Waals surface area contributed by atoms with Crippen LogP contribution >= 0.6 is 11.6 Å². The molecule has 27 heavy (non-hydrogen) atoms. The van der Waals surface area contributed by atoms with Gasteiger partial charge in [0, 0.05) is 25.5 Å². The third kappa shape index (κ3) is 3.44. The Morgan fingerprint density at radius 2 is 2.19 bits per heavy atom. The number of nitrogens with zero attached hydrogens (tertiary/aromatic N) is 6. The van der Waals surface area contributed by atoms with Crippen molar-refractivity contribution in [1.82, 2.24) is 19.5 Å². The largest absolute Gasteiger partial charge is 0.340 e. The summed E-state index contributed by atoms with van der Waals surface area (Å²) in [5, 5.41) is 9.43. The SMILES string of the molecule is N#Cc1ccc(Cn2c(N3CC[C@@H](F)[C@H](N)C3)nc3cc(Cl)cnc32)nc1. The number of halogens is 2. The number of rotatable bonds is 3. The first-order chi connectivity index (χ1) is 13.0. The third-order valence-electron chi connectivity index (χ3n) is 4.66. The van der Waals surface area contributed by atoms with Gasteiger partial charge in [-0.3, -0.25) is 9.55 Å². The number of anilines is 1. The fourth-order valence-electron chi connectivity index (χ4n) is 3.24. The second-order valence-corrected chi connectivity index (χ2v) is 7.00. The van der Waals surface area contributed by atoms with Crippen molar-refractivity contribution in [2.75, 3.05) is 18.0 Å². The van der Waals surface area contributed by atoms with Crippen molar-refractivity contribution in [3.05, 3.63) is 46.9 Å². The normalized spacial score (nSPS) is 20.0. The number of nitriles is 1. The van der Waals surface area contributed by atoms with Crippen molar-refractivity contribution in [3.63, 3.8) is 0 Å². The number of alkyl halides is 1. The molecule has 4 heterocycles. The molecule has 1 saturated heterocycles. The molecule has 0 unspecified atom stereocenters. The van der Waals surface area contributed by atoms with Gasteiger partial charge < -0.3 is 10.6 Å². The number of piperidine rings is 1. The van der Waals surface area contributed by atoms with Crippen LogP contribution in [-0.2, 0) is 6.54 Å². The van der Waals surface area contributed by atoms with Gasteiger partial charge in [-0.05, 0) is 24.6 Å². The minimum absolute atomic E-state index is 0.355. The lowest BCUT2D eigenvalue weighted by molar-refractivity contribution is 0.243. The number of hydrogen-bond acceptors (Lipinski definition) is 6. The van der Waals surface area contributed by atoms with E-state index in [9.17, 15) is 4.39 Å². The molecule has 0 bridgehead atoms. The molecule has 1 aliphatic heterocycles. The maximum atomic E-state index is 13.8. The number of nitrogens with two attached hydrogens (primary N) is 1. The molecular weight excluding hydrogens is 369 g/mol. The number of fused-ring (bicyclic) bond motifs is 1. The molecule has 3 aromatic heterocycles. The van der Waals surface area contributed by atoms with Crippen molar-refractivity contribution in [2.45, 2.75) is 25.2 Å². The van der Waals surface area contributed by atoms with E-state index in [2.05, 4.69) is 21.0 Å². The van der Waals surface area contributed by atoms with E-state index >= 15 is 0 Å². The summed E-state index contributed by atoms with van der Waals surface area (Å²) in [6.07, 6.45) is 2.45. The standard InChI is InChI=1S/C18H17ClFN7/c19-12-5-16-17(24-8-12)27(9-13-2-1-11(6-21)7-23-13)18(25-16)26-4-3-14(20)15(22)10-26/h1-2,5,7-8,14-15H,3-4,9-10,22H2/t14-,15-/m1/s1. The predicted octanol–water partition coefficient (Wildman–Crippen LogP) is 2.28. The molecule has 0 saturated carbocycles. The van der Waals surface area contributed by atoms with Crippen molar-refractivity contribution in [2.24, 2.45) is 5.73 Å². The van der Waals surface area contributed by atoms with Crippen molar-refractivity contribution in [1.29, 1.82) is 5.26 Å². The van der Waals surface area contributed by atoms with Crippen LogP contribution in [0.1, 0.15) is 17.7 Å². The van der Waals surface area contributed by atoms with Crippen LogP contribution in [0.5, 0.6) is 0 Å². The van der Waals surface area contributed by atoms with Gasteiger partial charge in [0.2, 0.25) is 5.95 Å². The molecule has 1 fully saturated rings. The third-order valence-corrected chi connectivity index (χ3v) is 4.87.